The van der Waals surface area contributed by atoms with Crippen LogP contribution in [0, 0.1) is 0 Å². The molecule has 3 rings (SSSR count). The molecule has 1 unspecified atom stereocenters. The van der Waals surface area contributed by atoms with E-state index in [2.05, 4.69) is 4.98 Å². The van der Waals surface area contributed by atoms with E-state index < -0.39 is 11.9 Å². The van der Waals surface area contributed by atoms with Crippen molar-refractivity contribution in [3.63, 3.8) is 0 Å². The zero-order chi connectivity index (χ0) is 18.7. The van der Waals surface area contributed by atoms with Crippen molar-refractivity contribution >= 4 is 40.1 Å². The number of halogens is 2. The second-order valence-corrected chi connectivity index (χ2v) is 6.79. The Hall–Kier alpha value is -2.12. The Morgan fingerprint density at radius 1 is 1.23 bits per heavy atom. The summed E-state index contributed by atoms with van der Waals surface area (Å²) in [5, 5.41) is 9.59. The third kappa shape index (κ3) is 3.99. The molecule has 0 bridgehead atoms. The average molecular weight is 393 g/mol. The van der Waals surface area contributed by atoms with Crippen LogP contribution in [0.25, 0.3) is 11.0 Å². The highest BCUT2D eigenvalue weighted by Gasteiger charge is 2.17. The molecule has 0 saturated heterocycles. The van der Waals surface area contributed by atoms with Gasteiger partial charge in [-0.3, -0.25) is 10.0 Å². The van der Waals surface area contributed by atoms with Gasteiger partial charge in [0.1, 0.15) is 5.82 Å². The van der Waals surface area contributed by atoms with Gasteiger partial charge in [-0.15, -0.1) is 0 Å². The van der Waals surface area contributed by atoms with E-state index in [1.165, 1.54) is 0 Å². The fourth-order valence-corrected chi connectivity index (χ4v) is 3.12. The summed E-state index contributed by atoms with van der Waals surface area (Å²) in [7, 11) is 0. The van der Waals surface area contributed by atoms with E-state index in [0.717, 1.165) is 22.4 Å². The molecule has 0 aliphatic carbocycles. The Bertz CT molecular complexity index is 928. The molecule has 1 amide bonds. The molecule has 26 heavy (non-hydrogen) atoms. The largest absolute Gasteiger partial charge is 0.323 e. The van der Waals surface area contributed by atoms with Crippen molar-refractivity contribution in [3.05, 3.63) is 63.9 Å². The molecule has 0 spiro atoms. The number of fused-ring (bicyclic) bond motifs is 1. The molecule has 136 valence electrons. The van der Waals surface area contributed by atoms with Crippen molar-refractivity contribution in [1.29, 1.82) is 0 Å². The van der Waals surface area contributed by atoms with Crippen molar-refractivity contribution in [2.45, 2.75) is 25.4 Å². The van der Waals surface area contributed by atoms with Gasteiger partial charge in [0.2, 0.25) is 0 Å². The third-order valence-electron chi connectivity index (χ3n) is 4.18. The lowest BCUT2D eigenvalue weighted by Crippen LogP contribution is -2.39. The molecule has 1 heterocycles. The van der Waals surface area contributed by atoms with E-state index in [9.17, 15) is 4.79 Å². The normalized spacial score (nSPS) is 12.3. The molecule has 0 saturated carbocycles. The molecule has 1 atom stereocenters. The van der Waals surface area contributed by atoms with Crippen molar-refractivity contribution < 1.29 is 10.0 Å². The quantitative estimate of drug-likeness (QED) is 0.443. The van der Waals surface area contributed by atoms with Crippen molar-refractivity contribution in [3.8, 4) is 0 Å². The zero-order valence-corrected chi connectivity index (χ0v) is 15.3. The van der Waals surface area contributed by atoms with Crippen LogP contribution in [-0.4, -0.2) is 26.7 Å². The lowest BCUT2D eigenvalue weighted by molar-refractivity contribution is -0.130. The molecule has 6 nitrogen and oxygen atoms in total. The lowest BCUT2D eigenvalue weighted by atomic mass is 10.1. The summed E-state index contributed by atoms with van der Waals surface area (Å²) in [6, 6.07) is 12.6. The van der Waals surface area contributed by atoms with Crippen LogP contribution in [0.3, 0.4) is 0 Å². The molecule has 4 N–H and O–H groups in total. The summed E-state index contributed by atoms with van der Waals surface area (Å²) < 4.78 is 2.04. The maximum atomic E-state index is 11.4. The molecule has 2 aromatic carbocycles. The predicted octanol–water partition coefficient (Wildman–Crippen LogP) is 3.16. The van der Waals surface area contributed by atoms with E-state index in [0.29, 0.717) is 29.4 Å². The molecule has 0 radical (unpaired) electrons. The predicted molar refractivity (Wildman–Crippen MR) is 102 cm³/mol. The van der Waals surface area contributed by atoms with Crippen LogP contribution in [-0.2, 0) is 17.8 Å². The molecule has 8 heteroatoms. The minimum absolute atomic E-state index is 0.339. The topological polar surface area (TPSA) is 93.2 Å². The van der Waals surface area contributed by atoms with E-state index in [1.54, 1.807) is 17.6 Å². The Morgan fingerprint density at radius 3 is 2.62 bits per heavy atom. The number of imidazole rings is 1. The van der Waals surface area contributed by atoms with Gasteiger partial charge in [0.05, 0.1) is 27.1 Å². The van der Waals surface area contributed by atoms with Crippen molar-refractivity contribution in [1.82, 2.24) is 15.0 Å². The number of rotatable bonds is 6. The first-order chi connectivity index (χ1) is 12.5. The number of aromatic nitrogens is 2. The zero-order valence-electron chi connectivity index (χ0n) is 13.8. The summed E-state index contributed by atoms with van der Waals surface area (Å²) in [5.41, 5.74) is 10.0. The van der Waals surface area contributed by atoms with Gasteiger partial charge in [-0.2, -0.15) is 0 Å². The number of amides is 1. The minimum atomic E-state index is -0.822. The van der Waals surface area contributed by atoms with Gasteiger partial charge in [0.25, 0.3) is 5.91 Å². The maximum Gasteiger partial charge on any atom is 0.260 e. The number of hydrogen-bond donors (Lipinski definition) is 3. The van der Waals surface area contributed by atoms with Gasteiger partial charge >= 0.3 is 0 Å². The van der Waals surface area contributed by atoms with E-state index >= 15 is 0 Å². The number of benzene rings is 2. The van der Waals surface area contributed by atoms with Gasteiger partial charge in [0, 0.05) is 13.0 Å². The van der Waals surface area contributed by atoms with Crippen LogP contribution < -0.4 is 11.2 Å². The van der Waals surface area contributed by atoms with Gasteiger partial charge in [-0.1, -0.05) is 53.5 Å². The minimum Gasteiger partial charge on any atom is -0.323 e. The first-order valence-electron chi connectivity index (χ1n) is 8.07. The van der Waals surface area contributed by atoms with Crippen LogP contribution in [0.5, 0.6) is 0 Å². The number of hydroxylamine groups is 1. The number of nitrogens with two attached hydrogens (primary N) is 1. The van der Waals surface area contributed by atoms with E-state index in [4.69, 9.17) is 34.1 Å². The number of nitrogens with zero attached hydrogens (tertiary/aromatic N) is 2. The maximum absolute atomic E-state index is 11.4. The van der Waals surface area contributed by atoms with E-state index in [-0.39, 0.29) is 0 Å². The van der Waals surface area contributed by atoms with Crippen LogP contribution in [0.4, 0.5) is 0 Å². The number of nitrogens with one attached hydrogen (secondary N) is 1. The number of carbonyl (C=O) groups is 1. The Morgan fingerprint density at radius 2 is 1.92 bits per heavy atom. The van der Waals surface area contributed by atoms with Crippen LogP contribution >= 0.6 is 23.2 Å². The number of carbonyl (C=O) groups excluding carboxylic acids is 1. The summed E-state index contributed by atoms with van der Waals surface area (Å²) in [4.78, 5) is 16.1. The number of aryl methyl sites for hydroxylation is 1. The summed E-state index contributed by atoms with van der Waals surface area (Å²) >= 11 is 12.3. The molecule has 0 fully saturated rings. The fourth-order valence-electron chi connectivity index (χ4n) is 2.80. The van der Waals surface area contributed by atoms with Gasteiger partial charge in [0.15, 0.2) is 0 Å². The fraction of sp³-hybridized carbons (Fsp3) is 0.222. The van der Waals surface area contributed by atoms with Crippen molar-refractivity contribution in [2.75, 3.05) is 0 Å². The molecule has 0 aliphatic rings. The first kappa shape index (κ1) is 18.7. The standard InChI is InChI=1S/C18H18Cl2N4O2/c19-12-8-15-16(9-13(12)20)24(10-11-4-2-1-3-5-11)17(22-15)7-6-14(21)18(25)23-26/h1-5,8-9,14,26H,6-7,10,21H2,(H,23,25). The van der Waals surface area contributed by atoms with Crippen LogP contribution in [0.15, 0.2) is 42.5 Å². The van der Waals surface area contributed by atoms with Gasteiger partial charge < -0.3 is 10.3 Å². The SMILES string of the molecule is NC(CCc1nc2cc(Cl)c(Cl)cc2n1Cc1ccccc1)C(=O)NO. The Balaban J connectivity index is 1.97. The molecule has 1 aromatic heterocycles. The summed E-state index contributed by atoms with van der Waals surface area (Å²) in [5.74, 6) is 0.144. The van der Waals surface area contributed by atoms with E-state index in [1.807, 2.05) is 34.9 Å². The van der Waals surface area contributed by atoms with Crippen molar-refractivity contribution in [2.24, 2.45) is 5.73 Å². The molecule has 0 aliphatic heterocycles. The number of hydrogen-bond acceptors (Lipinski definition) is 4. The third-order valence-corrected chi connectivity index (χ3v) is 4.90. The highest BCUT2D eigenvalue weighted by molar-refractivity contribution is 6.42. The Labute approximate surface area is 160 Å². The molecular formula is C18H18Cl2N4O2. The second kappa shape index (κ2) is 8.05. The summed E-state index contributed by atoms with van der Waals surface area (Å²) in [6.45, 7) is 0.603. The smallest absolute Gasteiger partial charge is 0.260 e. The monoisotopic (exact) mass is 392 g/mol. The molecular weight excluding hydrogens is 375 g/mol. The first-order valence-corrected chi connectivity index (χ1v) is 8.83. The summed E-state index contributed by atoms with van der Waals surface area (Å²) in [6.07, 6.45) is 0.803. The van der Waals surface area contributed by atoms with Crippen LogP contribution in [0.2, 0.25) is 10.0 Å². The highest BCUT2D eigenvalue weighted by Crippen LogP contribution is 2.29. The average Bonchev–Trinajstić information content (AvgIpc) is 2.96. The second-order valence-electron chi connectivity index (χ2n) is 5.98. The lowest BCUT2D eigenvalue weighted by Gasteiger charge is -2.12. The van der Waals surface area contributed by atoms with Gasteiger partial charge in [-0.05, 0) is 24.1 Å². The van der Waals surface area contributed by atoms with Gasteiger partial charge in [-0.25, -0.2) is 10.5 Å². The van der Waals surface area contributed by atoms with Crippen LogP contribution in [0.1, 0.15) is 17.8 Å². The highest BCUT2D eigenvalue weighted by atomic mass is 35.5. The molecule has 3 aromatic rings. The Kier molecular flexibility index (Phi) is 5.78.